The van der Waals surface area contributed by atoms with E-state index < -0.39 is 11.4 Å². The van der Waals surface area contributed by atoms with E-state index in [9.17, 15) is 9.59 Å². The van der Waals surface area contributed by atoms with Crippen molar-refractivity contribution in [3.63, 3.8) is 0 Å². The number of aliphatic carboxylic acids is 1. The van der Waals surface area contributed by atoms with Gasteiger partial charge in [0.05, 0.1) is 5.41 Å². The molecule has 0 bridgehead atoms. The van der Waals surface area contributed by atoms with Crippen LogP contribution in [0.5, 0.6) is 0 Å². The smallest absolute Gasteiger partial charge is 0.309 e. The lowest BCUT2D eigenvalue weighted by atomic mass is 9.89. The van der Waals surface area contributed by atoms with Gasteiger partial charge in [-0.1, -0.05) is 12.2 Å². The van der Waals surface area contributed by atoms with Crippen molar-refractivity contribution in [1.82, 2.24) is 4.90 Å². The van der Waals surface area contributed by atoms with Gasteiger partial charge < -0.3 is 10.0 Å². The zero-order valence-corrected chi connectivity index (χ0v) is 9.90. The molecule has 1 amide bonds. The maximum absolute atomic E-state index is 11.8. The number of carboxylic acid groups (broad SMARTS) is 1. The monoisotopic (exact) mass is 225 g/mol. The zero-order valence-electron chi connectivity index (χ0n) is 9.90. The maximum Gasteiger partial charge on any atom is 0.309 e. The molecule has 0 aromatic carbocycles. The van der Waals surface area contributed by atoms with Crippen molar-refractivity contribution in [3.05, 3.63) is 25.3 Å². The van der Waals surface area contributed by atoms with Crippen molar-refractivity contribution >= 4 is 11.9 Å². The summed E-state index contributed by atoms with van der Waals surface area (Å²) in [7, 11) is 0. The zero-order chi connectivity index (χ0) is 12.8. The number of carbonyl (C=O) groups excluding carboxylic acids is 1. The normalized spacial score (nSPS) is 10.6. The Morgan fingerprint density at radius 2 is 1.69 bits per heavy atom. The van der Waals surface area contributed by atoms with Crippen LogP contribution >= 0.6 is 0 Å². The highest BCUT2D eigenvalue weighted by molar-refractivity contribution is 5.84. The Morgan fingerprint density at radius 1 is 1.25 bits per heavy atom. The molecule has 16 heavy (non-hydrogen) atoms. The standard InChI is InChI=1S/C12H19NO3/c1-5-7-13(8-6-2)10(14)9-12(3,4)11(15)16/h5-6H,1-2,7-9H2,3-4H3,(H,15,16). The van der Waals surface area contributed by atoms with Crippen LogP contribution in [0.25, 0.3) is 0 Å². The van der Waals surface area contributed by atoms with Crippen LogP contribution in [-0.2, 0) is 9.59 Å². The van der Waals surface area contributed by atoms with Crippen molar-refractivity contribution in [1.29, 1.82) is 0 Å². The van der Waals surface area contributed by atoms with Crippen LogP contribution < -0.4 is 0 Å². The minimum atomic E-state index is -1.04. The molecular weight excluding hydrogens is 206 g/mol. The van der Waals surface area contributed by atoms with Crippen LogP contribution in [0.1, 0.15) is 20.3 Å². The summed E-state index contributed by atoms with van der Waals surface area (Å²) in [6.07, 6.45) is 3.19. The third-order valence-corrected chi connectivity index (χ3v) is 2.22. The van der Waals surface area contributed by atoms with E-state index in [1.54, 1.807) is 12.2 Å². The first kappa shape index (κ1) is 14.4. The Hall–Kier alpha value is -1.58. The van der Waals surface area contributed by atoms with Gasteiger partial charge in [0, 0.05) is 19.5 Å². The SMILES string of the molecule is C=CCN(CC=C)C(=O)CC(C)(C)C(=O)O. The first-order valence-corrected chi connectivity index (χ1v) is 5.08. The third-order valence-electron chi connectivity index (χ3n) is 2.22. The van der Waals surface area contributed by atoms with Gasteiger partial charge in [-0.25, -0.2) is 0 Å². The number of rotatable bonds is 7. The fraction of sp³-hybridized carbons (Fsp3) is 0.500. The lowest BCUT2D eigenvalue weighted by Crippen LogP contribution is -2.37. The van der Waals surface area contributed by atoms with E-state index in [1.165, 1.54) is 18.7 Å². The highest BCUT2D eigenvalue weighted by atomic mass is 16.4. The van der Waals surface area contributed by atoms with Crippen molar-refractivity contribution in [2.75, 3.05) is 13.1 Å². The van der Waals surface area contributed by atoms with E-state index in [0.717, 1.165) is 0 Å². The van der Waals surface area contributed by atoms with Gasteiger partial charge in [0.1, 0.15) is 0 Å². The number of nitrogens with zero attached hydrogens (tertiary/aromatic N) is 1. The molecule has 0 aromatic rings. The van der Waals surface area contributed by atoms with Gasteiger partial charge in [-0.05, 0) is 13.8 Å². The van der Waals surface area contributed by atoms with Crippen LogP contribution in [-0.4, -0.2) is 35.0 Å². The Kier molecular flexibility index (Phi) is 5.50. The molecule has 0 spiro atoms. The number of carbonyl (C=O) groups is 2. The molecule has 0 aromatic heterocycles. The Balaban J connectivity index is 4.57. The maximum atomic E-state index is 11.8. The number of hydrogen-bond acceptors (Lipinski definition) is 2. The van der Waals surface area contributed by atoms with Crippen LogP contribution in [0.2, 0.25) is 0 Å². The van der Waals surface area contributed by atoms with E-state index in [4.69, 9.17) is 5.11 Å². The Bertz CT molecular complexity index is 285. The highest BCUT2D eigenvalue weighted by Gasteiger charge is 2.31. The molecule has 0 aliphatic rings. The molecule has 0 fully saturated rings. The van der Waals surface area contributed by atoms with Gasteiger partial charge in [0.15, 0.2) is 0 Å². The average molecular weight is 225 g/mol. The van der Waals surface area contributed by atoms with E-state index >= 15 is 0 Å². The van der Waals surface area contributed by atoms with Gasteiger partial charge >= 0.3 is 5.97 Å². The molecule has 0 rings (SSSR count). The summed E-state index contributed by atoms with van der Waals surface area (Å²) in [5.74, 6) is -1.18. The molecule has 0 radical (unpaired) electrons. The van der Waals surface area contributed by atoms with E-state index in [-0.39, 0.29) is 12.3 Å². The minimum Gasteiger partial charge on any atom is -0.481 e. The molecule has 0 atom stereocenters. The summed E-state index contributed by atoms with van der Waals surface area (Å²) in [4.78, 5) is 24.2. The molecule has 0 unspecified atom stereocenters. The van der Waals surface area contributed by atoms with E-state index in [2.05, 4.69) is 13.2 Å². The second kappa shape index (κ2) is 6.10. The Morgan fingerprint density at radius 3 is 2.00 bits per heavy atom. The number of carboxylic acids is 1. The molecule has 0 heterocycles. The van der Waals surface area contributed by atoms with E-state index in [0.29, 0.717) is 13.1 Å². The summed E-state index contributed by atoms with van der Waals surface area (Å²) < 4.78 is 0. The topological polar surface area (TPSA) is 57.6 Å². The Labute approximate surface area is 96.3 Å². The average Bonchev–Trinajstić information content (AvgIpc) is 2.16. The number of hydrogen-bond donors (Lipinski definition) is 1. The molecule has 0 aliphatic carbocycles. The number of amides is 1. The third kappa shape index (κ3) is 4.29. The highest BCUT2D eigenvalue weighted by Crippen LogP contribution is 2.21. The molecule has 90 valence electrons. The molecule has 1 N–H and O–H groups in total. The second-order valence-corrected chi connectivity index (χ2v) is 4.24. The quantitative estimate of drug-likeness (QED) is 0.671. The predicted molar refractivity (Wildman–Crippen MR) is 63.0 cm³/mol. The summed E-state index contributed by atoms with van der Waals surface area (Å²) in [5, 5.41) is 8.92. The molecule has 4 heteroatoms. The van der Waals surface area contributed by atoms with Gasteiger partial charge in [0.25, 0.3) is 0 Å². The summed E-state index contributed by atoms with van der Waals surface area (Å²) in [6.45, 7) is 11.0. The van der Waals surface area contributed by atoms with Crippen LogP contribution in [0, 0.1) is 5.41 Å². The lowest BCUT2D eigenvalue weighted by Gasteiger charge is -2.24. The van der Waals surface area contributed by atoms with Gasteiger partial charge in [-0.3, -0.25) is 9.59 Å². The van der Waals surface area contributed by atoms with Crippen molar-refractivity contribution in [2.24, 2.45) is 5.41 Å². The molecular formula is C12H19NO3. The largest absolute Gasteiger partial charge is 0.481 e. The van der Waals surface area contributed by atoms with Crippen LogP contribution in [0.4, 0.5) is 0 Å². The van der Waals surface area contributed by atoms with Crippen molar-refractivity contribution < 1.29 is 14.7 Å². The second-order valence-electron chi connectivity index (χ2n) is 4.24. The van der Waals surface area contributed by atoms with E-state index in [1.807, 2.05) is 0 Å². The van der Waals surface area contributed by atoms with Gasteiger partial charge in [0.2, 0.25) is 5.91 Å². The summed E-state index contributed by atoms with van der Waals surface area (Å²) in [5.41, 5.74) is -1.04. The fourth-order valence-electron chi connectivity index (χ4n) is 1.16. The molecule has 4 nitrogen and oxygen atoms in total. The predicted octanol–water partition coefficient (Wildman–Crippen LogP) is 1.69. The van der Waals surface area contributed by atoms with Crippen molar-refractivity contribution in [2.45, 2.75) is 20.3 Å². The molecule has 0 aliphatic heterocycles. The van der Waals surface area contributed by atoms with Gasteiger partial charge in [-0.2, -0.15) is 0 Å². The molecule has 0 saturated carbocycles. The lowest BCUT2D eigenvalue weighted by molar-refractivity contribution is -0.151. The first-order valence-electron chi connectivity index (χ1n) is 5.08. The van der Waals surface area contributed by atoms with Crippen LogP contribution in [0.15, 0.2) is 25.3 Å². The minimum absolute atomic E-state index is 0.0238. The van der Waals surface area contributed by atoms with Crippen LogP contribution in [0.3, 0.4) is 0 Å². The van der Waals surface area contributed by atoms with Crippen molar-refractivity contribution in [3.8, 4) is 0 Å². The molecule has 0 saturated heterocycles. The summed E-state index contributed by atoms with van der Waals surface area (Å²) in [6, 6.07) is 0. The first-order chi connectivity index (χ1) is 7.35. The summed E-state index contributed by atoms with van der Waals surface area (Å²) >= 11 is 0. The van der Waals surface area contributed by atoms with Gasteiger partial charge in [-0.15, -0.1) is 13.2 Å². The fourth-order valence-corrected chi connectivity index (χ4v) is 1.16.